The predicted octanol–water partition coefficient (Wildman–Crippen LogP) is -0.891. The Labute approximate surface area is 146 Å². The monoisotopic (exact) mass is 414 g/mol. The second kappa shape index (κ2) is 8.87. The number of nitrogens with zero attached hydrogens (tertiary/aromatic N) is 1. The van der Waals surface area contributed by atoms with Crippen LogP contribution in [0.1, 0.15) is 17.4 Å². The minimum Gasteiger partial charge on any atom is -0.461 e. The number of carbonyl (C=O) groups is 1. The van der Waals surface area contributed by atoms with E-state index < -0.39 is 43.2 Å². The summed E-state index contributed by atoms with van der Waals surface area (Å²) in [6, 6.07) is 0. The molecule has 2 rings (SSSR count). The van der Waals surface area contributed by atoms with Gasteiger partial charge in [0.05, 0.1) is 13.2 Å². The number of carbonyl (C=O) groups excluding carboxylic acids is 1. The third-order valence-corrected chi connectivity index (χ3v) is 3.92. The van der Waals surface area contributed by atoms with Crippen LogP contribution < -0.4 is 5.32 Å². The molecule has 9 nitrogen and oxygen atoms in total. The molecule has 5 N–H and O–H groups in total. The van der Waals surface area contributed by atoms with Crippen LogP contribution in [0.2, 0.25) is 0 Å². The molecule has 1 saturated heterocycles. The lowest BCUT2D eigenvalue weighted by Crippen LogP contribution is -2.60. The molecule has 1 aromatic rings. The van der Waals surface area contributed by atoms with Gasteiger partial charge in [-0.15, -0.1) is 28.3 Å². The third-order valence-electron chi connectivity index (χ3n) is 3.15. The average Bonchev–Trinajstić information content (AvgIpc) is 2.97. The van der Waals surface area contributed by atoms with Crippen molar-refractivity contribution in [3.05, 3.63) is 11.1 Å². The number of rotatable bonds is 5. The van der Waals surface area contributed by atoms with E-state index in [1.165, 1.54) is 5.38 Å². The van der Waals surface area contributed by atoms with Crippen LogP contribution in [-0.4, -0.2) is 75.2 Å². The van der Waals surface area contributed by atoms with E-state index in [0.29, 0.717) is 0 Å². The maximum absolute atomic E-state index is 11.5. The van der Waals surface area contributed by atoms with Crippen molar-refractivity contribution in [2.45, 2.75) is 37.6 Å². The van der Waals surface area contributed by atoms with Gasteiger partial charge < -0.3 is 35.2 Å². The molecular weight excluding hydrogens is 396 g/mol. The highest BCUT2D eigenvalue weighted by Gasteiger charge is 2.43. The summed E-state index contributed by atoms with van der Waals surface area (Å²) in [4.78, 5) is 15.5. The van der Waals surface area contributed by atoms with Crippen molar-refractivity contribution in [2.24, 2.45) is 0 Å². The van der Waals surface area contributed by atoms with Crippen molar-refractivity contribution in [2.75, 3.05) is 18.5 Å². The number of aliphatic hydroxyl groups excluding tert-OH is 4. The molecule has 1 fully saturated rings. The maximum Gasteiger partial charge on any atom is 0.357 e. The highest BCUT2D eigenvalue weighted by Crippen LogP contribution is 2.24. The van der Waals surface area contributed by atoms with Crippen LogP contribution in [-0.2, 0) is 9.47 Å². The molecule has 1 aliphatic heterocycles. The number of ether oxygens (including phenoxy) is 2. The van der Waals surface area contributed by atoms with E-state index >= 15 is 0 Å². The smallest absolute Gasteiger partial charge is 0.357 e. The first-order chi connectivity index (χ1) is 10.5. The quantitative estimate of drug-likeness (QED) is 0.387. The molecule has 0 unspecified atom stereocenters. The summed E-state index contributed by atoms with van der Waals surface area (Å²) in [6.07, 6.45) is -6.43. The van der Waals surface area contributed by atoms with E-state index in [0.717, 1.165) is 11.3 Å². The average molecular weight is 415 g/mol. The fourth-order valence-electron chi connectivity index (χ4n) is 1.98. The van der Waals surface area contributed by atoms with E-state index in [1.54, 1.807) is 6.92 Å². The van der Waals surface area contributed by atoms with Crippen LogP contribution in [0.4, 0.5) is 5.13 Å². The molecule has 0 spiro atoms. The van der Waals surface area contributed by atoms with Gasteiger partial charge in [0.25, 0.3) is 0 Å². The fraction of sp³-hybridized carbons (Fsp3) is 0.667. The Hall–Kier alpha value is -0.820. The molecule has 0 saturated carbocycles. The maximum atomic E-state index is 11.5. The van der Waals surface area contributed by atoms with Crippen LogP contribution in [0.3, 0.4) is 0 Å². The lowest BCUT2D eigenvalue weighted by molar-refractivity contribution is -0.221. The zero-order valence-electron chi connectivity index (χ0n) is 12.2. The van der Waals surface area contributed by atoms with Crippen molar-refractivity contribution in [3.63, 3.8) is 0 Å². The van der Waals surface area contributed by atoms with Crippen LogP contribution in [0, 0.1) is 0 Å². The SMILES string of the molecule is Br.CCOC(=O)c1csc(N[C@@H]2O[C@H](CO)[C@@H](O)[C@H](O)[C@H]2O)n1. The minimum atomic E-state index is -1.48. The van der Waals surface area contributed by atoms with Gasteiger partial charge in [-0.25, -0.2) is 9.78 Å². The first-order valence-electron chi connectivity index (χ1n) is 6.67. The van der Waals surface area contributed by atoms with E-state index in [9.17, 15) is 20.1 Å². The summed E-state index contributed by atoms with van der Waals surface area (Å²) in [5.74, 6) is -0.569. The Morgan fingerprint density at radius 1 is 1.39 bits per heavy atom. The number of nitrogens with one attached hydrogen (secondary N) is 1. The zero-order chi connectivity index (χ0) is 16.3. The fourth-order valence-corrected chi connectivity index (χ4v) is 2.69. The zero-order valence-corrected chi connectivity index (χ0v) is 14.7. The van der Waals surface area contributed by atoms with E-state index in [2.05, 4.69) is 10.3 Å². The summed E-state index contributed by atoms with van der Waals surface area (Å²) in [5.41, 5.74) is 0.110. The molecule has 11 heteroatoms. The van der Waals surface area contributed by atoms with Gasteiger partial charge in [-0.3, -0.25) is 0 Å². The number of hydrogen-bond donors (Lipinski definition) is 5. The molecule has 0 radical (unpaired) electrons. The van der Waals surface area contributed by atoms with E-state index in [4.69, 9.17) is 14.6 Å². The molecule has 1 aromatic heterocycles. The number of thiazole rings is 1. The lowest BCUT2D eigenvalue weighted by Gasteiger charge is -2.40. The molecule has 1 aliphatic rings. The highest BCUT2D eigenvalue weighted by atomic mass is 79.9. The standard InChI is InChI=1S/C12H18N2O7S.BrH/c1-2-20-11(19)5-4-22-12(13-5)14-10-9(18)8(17)7(16)6(3-15)21-10;/h4,6-10,15-18H,2-3H2,1H3,(H,13,14);1H/t6-,7-,8+,9-,10-;/m1./s1. The van der Waals surface area contributed by atoms with Gasteiger partial charge >= 0.3 is 5.97 Å². The molecule has 5 atom stereocenters. The van der Waals surface area contributed by atoms with Gasteiger partial charge in [0.15, 0.2) is 17.1 Å². The Balaban J connectivity index is 0.00000264. The molecule has 0 amide bonds. The Bertz CT molecular complexity index is 515. The molecule has 0 aromatic carbocycles. The molecular formula is C12H19BrN2O7S. The first kappa shape index (κ1) is 20.2. The van der Waals surface area contributed by atoms with Crippen molar-refractivity contribution >= 4 is 39.4 Å². The second-order valence-corrected chi connectivity index (χ2v) is 5.51. The Morgan fingerprint density at radius 2 is 2.09 bits per heavy atom. The van der Waals surface area contributed by atoms with Gasteiger partial charge in [0.2, 0.25) is 0 Å². The topological polar surface area (TPSA) is 141 Å². The van der Waals surface area contributed by atoms with Gasteiger partial charge in [-0.05, 0) is 6.92 Å². The van der Waals surface area contributed by atoms with Crippen molar-refractivity contribution in [3.8, 4) is 0 Å². The van der Waals surface area contributed by atoms with E-state index in [-0.39, 0.29) is 34.4 Å². The number of esters is 1. The summed E-state index contributed by atoms with van der Waals surface area (Å²) < 4.78 is 10.1. The van der Waals surface area contributed by atoms with Gasteiger partial charge in [-0.1, -0.05) is 0 Å². The summed E-state index contributed by atoms with van der Waals surface area (Å²) >= 11 is 1.09. The van der Waals surface area contributed by atoms with Crippen LogP contribution >= 0.6 is 28.3 Å². The van der Waals surface area contributed by atoms with Crippen LogP contribution in [0.15, 0.2) is 5.38 Å². The normalized spacial score (nSPS) is 30.4. The largest absolute Gasteiger partial charge is 0.461 e. The summed E-state index contributed by atoms with van der Waals surface area (Å²) in [6.45, 7) is 1.39. The number of anilines is 1. The van der Waals surface area contributed by atoms with Crippen molar-refractivity contribution in [1.29, 1.82) is 0 Å². The predicted molar refractivity (Wildman–Crippen MR) is 85.8 cm³/mol. The van der Waals surface area contributed by atoms with Crippen molar-refractivity contribution in [1.82, 2.24) is 4.98 Å². The second-order valence-electron chi connectivity index (χ2n) is 4.65. The van der Waals surface area contributed by atoms with Gasteiger partial charge in [-0.2, -0.15) is 0 Å². The van der Waals surface area contributed by atoms with E-state index in [1.807, 2.05) is 0 Å². The molecule has 0 aliphatic carbocycles. The van der Waals surface area contributed by atoms with Crippen LogP contribution in [0.5, 0.6) is 0 Å². The molecule has 23 heavy (non-hydrogen) atoms. The van der Waals surface area contributed by atoms with Crippen LogP contribution in [0.25, 0.3) is 0 Å². The van der Waals surface area contributed by atoms with Gasteiger partial charge in [0.1, 0.15) is 24.4 Å². The number of aromatic nitrogens is 1. The van der Waals surface area contributed by atoms with Gasteiger partial charge in [0, 0.05) is 5.38 Å². The highest BCUT2D eigenvalue weighted by molar-refractivity contribution is 8.93. The number of aliphatic hydroxyl groups is 4. The first-order valence-corrected chi connectivity index (χ1v) is 7.55. The molecule has 2 heterocycles. The Morgan fingerprint density at radius 3 is 2.70 bits per heavy atom. The number of halogens is 1. The lowest BCUT2D eigenvalue weighted by atomic mass is 9.98. The Kier molecular flexibility index (Phi) is 7.80. The van der Waals surface area contributed by atoms with Crippen molar-refractivity contribution < 1.29 is 34.7 Å². The summed E-state index contributed by atoms with van der Waals surface area (Å²) in [5, 5.41) is 42.8. The summed E-state index contributed by atoms with van der Waals surface area (Å²) in [7, 11) is 0. The number of hydrogen-bond acceptors (Lipinski definition) is 10. The minimum absolute atomic E-state index is 0. The third kappa shape index (κ3) is 4.59. The molecule has 0 bridgehead atoms. The molecule has 132 valence electrons.